The molecule has 0 saturated carbocycles. The molecule has 1 atom stereocenters. The molecule has 0 bridgehead atoms. The number of nitrogens with two attached hydrogens (primary N) is 1. The van der Waals surface area contributed by atoms with Crippen molar-refractivity contribution in [2.24, 2.45) is 5.73 Å². The molecule has 1 aromatic rings. The Hall–Kier alpha value is -1.49. The van der Waals surface area contributed by atoms with Gasteiger partial charge in [-0.25, -0.2) is 8.78 Å². The van der Waals surface area contributed by atoms with Crippen LogP contribution in [0.4, 0.5) is 8.78 Å². The molecule has 0 spiro atoms. The lowest BCUT2D eigenvalue weighted by molar-refractivity contribution is -0.117. The number of carbonyl (C=O) groups is 1. The number of hydrogen-bond donors (Lipinski definition) is 2. The minimum atomic E-state index is -0.522. The first-order chi connectivity index (χ1) is 8.56. The van der Waals surface area contributed by atoms with Crippen LogP contribution in [0.5, 0.6) is 0 Å². The van der Waals surface area contributed by atoms with Gasteiger partial charge in [0.25, 0.3) is 0 Å². The normalized spacial score (nSPS) is 18.4. The number of benzene rings is 1. The van der Waals surface area contributed by atoms with Crippen molar-refractivity contribution >= 4 is 5.91 Å². The van der Waals surface area contributed by atoms with E-state index in [1.54, 1.807) is 0 Å². The number of nitrogens with one attached hydrogen (secondary N) is 1. The first-order valence-electron chi connectivity index (χ1n) is 6.04. The van der Waals surface area contributed by atoms with Crippen molar-refractivity contribution in [2.45, 2.75) is 31.7 Å². The van der Waals surface area contributed by atoms with E-state index in [4.69, 9.17) is 5.73 Å². The largest absolute Gasteiger partial charge is 0.370 e. The summed E-state index contributed by atoms with van der Waals surface area (Å²) in [6.45, 7) is 0.498. The molecule has 98 valence electrons. The maximum atomic E-state index is 13.6. The fourth-order valence-corrected chi connectivity index (χ4v) is 2.36. The van der Waals surface area contributed by atoms with Crippen molar-refractivity contribution in [3.8, 4) is 0 Å². The molecule has 1 unspecified atom stereocenters. The van der Waals surface area contributed by atoms with Gasteiger partial charge in [-0.3, -0.25) is 4.79 Å². The van der Waals surface area contributed by atoms with Crippen LogP contribution in [0.3, 0.4) is 0 Å². The summed E-state index contributed by atoms with van der Waals surface area (Å²) >= 11 is 0. The Balaban J connectivity index is 1.99. The Morgan fingerprint density at radius 1 is 1.44 bits per heavy atom. The monoisotopic (exact) mass is 254 g/mol. The number of amides is 1. The van der Waals surface area contributed by atoms with Crippen molar-refractivity contribution < 1.29 is 13.6 Å². The van der Waals surface area contributed by atoms with Crippen molar-refractivity contribution in [3.05, 3.63) is 34.9 Å². The Morgan fingerprint density at radius 2 is 2.22 bits per heavy atom. The van der Waals surface area contributed by atoms with Crippen molar-refractivity contribution in [3.63, 3.8) is 0 Å². The minimum Gasteiger partial charge on any atom is -0.370 e. The van der Waals surface area contributed by atoms with Gasteiger partial charge < -0.3 is 11.1 Å². The minimum absolute atomic E-state index is 0.122. The van der Waals surface area contributed by atoms with Crippen LogP contribution >= 0.6 is 0 Å². The van der Waals surface area contributed by atoms with E-state index in [2.05, 4.69) is 5.32 Å². The van der Waals surface area contributed by atoms with Crippen molar-refractivity contribution in [1.29, 1.82) is 0 Å². The van der Waals surface area contributed by atoms with Crippen LogP contribution in [0.2, 0.25) is 0 Å². The molecule has 1 aliphatic carbocycles. The van der Waals surface area contributed by atoms with E-state index in [0.29, 0.717) is 24.9 Å². The van der Waals surface area contributed by atoms with Gasteiger partial charge in [0.05, 0.1) is 0 Å². The van der Waals surface area contributed by atoms with Gasteiger partial charge in [0.1, 0.15) is 11.6 Å². The average molecular weight is 254 g/mol. The molecule has 1 amide bonds. The highest BCUT2D eigenvalue weighted by atomic mass is 19.1. The van der Waals surface area contributed by atoms with Crippen LogP contribution in [-0.4, -0.2) is 18.5 Å². The molecule has 0 saturated heterocycles. The van der Waals surface area contributed by atoms with Crippen LogP contribution in [0.25, 0.3) is 0 Å². The molecule has 3 N–H and O–H groups in total. The van der Waals surface area contributed by atoms with Crippen LogP contribution in [0, 0.1) is 11.6 Å². The molecule has 0 fully saturated rings. The average Bonchev–Trinajstić information content (AvgIpc) is 2.29. The molecular formula is C13H16F2N2O. The van der Waals surface area contributed by atoms with Gasteiger partial charge >= 0.3 is 0 Å². The van der Waals surface area contributed by atoms with Gasteiger partial charge in [-0.05, 0) is 36.5 Å². The fourth-order valence-electron chi connectivity index (χ4n) is 2.36. The van der Waals surface area contributed by atoms with Gasteiger partial charge in [-0.2, -0.15) is 0 Å². The van der Waals surface area contributed by atoms with Crippen LogP contribution in [0.15, 0.2) is 12.1 Å². The maximum absolute atomic E-state index is 13.6. The lowest BCUT2D eigenvalue weighted by atomic mass is 9.88. The highest BCUT2D eigenvalue weighted by Crippen LogP contribution is 2.25. The first kappa shape index (κ1) is 13.0. The Labute approximate surface area is 104 Å². The second-order valence-electron chi connectivity index (χ2n) is 4.64. The summed E-state index contributed by atoms with van der Waals surface area (Å²) in [4.78, 5) is 10.6. The molecule has 2 rings (SSSR count). The molecular weight excluding hydrogens is 238 g/mol. The van der Waals surface area contributed by atoms with Gasteiger partial charge in [0.15, 0.2) is 0 Å². The molecule has 0 aromatic heterocycles. The zero-order chi connectivity index (χ0) is 13.1. The van der Waals surface area contributed by atoms with Gasteiger partial charge in [0, 0.05) is 25.1 Å². The van der Waals surface area contributed by atoms with E-state index in [-0.39, 0.29) is 18.4 Å². The van der Waals surface area contributed by atoms with Crippen molar-refractivity contribution in [2.75, 3.05) is 6.54 Å². The second kappa shape index (κ2) is 5.44. The highest BCUT2D eigenvalue weighted by Gasteiger charge is 2.21. The number of aryl methyl sites for hydroxylation is 1. The molecule has 5 heteroatoms. The molecule has 0 aliphatic heterocycles. The molecule has 18 heavy (non-hydrogen) atoms. The number of hydrogen-bond acceptors (Lipinski definition) is 2. The third-order valence-electron chi connectivity index (χ3n) is 3.27. The SMILES string of the molecule is NC(=O)CCNC1CCc2cc(F)cc(F)c2C1. The highest BCUT2D eigenvalue weighted by molar-refractivity contribution is 5.73. The molecule has 1 aliphatic rings. The van der Waals surface area contributed by atoms with Crippen molar-refractivity contribution in [1.82, 2.24) is 5.32 Å². The van der Waals surface area contributed by atoms with E-state index in [9.17, 15) is 13.6 Å². The smallest absolute Gasteiger partial charge is 0.218 e. The third kappa shape index (κ3) is 3.04. The predicted octanol–water partition coefficient (Wildman–Crippen LogP) is 1.29. The van der Waals surface area contributed by atoms with Crippen LogP contribution in [-0.2, 0) is 17.6 Å². The Kier molecular flexibility index (Phi) is 3.91. The number of rotatable bonds is 4. The van der Waals surface area contributed by atoms with E-state index in [1.807, 2.05) is 0 Å². The topological polar surface area (TPSA) is 55.1 Å². The fraction of sp³-hybridized carbons (Fsp3) is 0.462. The number of fused-ring (bicyclic) bond motifs is 1. The summed E-state index contributed by atoms with van der Waals surface area (Å²) in [7, 11) is 0. The summed E-state index contributed by atoms with van der Waals surface area (Å²) in [5.41, 5.74) is 6.38. The zero-order valence-corrected chi connectivity index (χ0v) is 10.0. The molecule has 3 nitrogen and oxygen atoms in total. The third-order valence-corrected chi connectivity index (χ3v) is 3.27. The maximum Gasteiger partial charge on any atom is 0.218 e. The molecule has 1 aromatic carbocycles. The number of halogens is 2. The lowest BCUT2D eigenvalue weighted by Gasteiger charge is -2.25. The van der Waals surface area contributed by atoms with E-state index < -0.39 is 11.6 Å². The van der Waals surface area contributed by atoms with Gasteiger partial charge in [-0.1, -0.05) is 0 Å². The van der Waals surface area contributed by atoms with E-state index >= 15 is 0 Å². The zero-order valence-electron chi connectivity index (χ0n) is 10.0. The first-order valence-corrected chi connectivity index (χ1v) is 6.04. The van der Waals surface area contributed by atoms with Gasteiger partial charge in [-0.15, -0.1) is 0 Å². The summed E-state index contributed by atoms with van der Waals surface area (Å²) < 4.78 is 26.7. The number of primary amides is 1. The Bertz CT molecular complexity index is 463. The van der Waals surface area contributed by atoms with Crippen LogP contribution in [0.1, 0.15) is 24.0 Å². The summed E-state index contributed by atoms with van der Waals surface area (Å²) in [5.74, 6) is -1.36. The Morgan fingerprint density at radius 3 is 2.94 bits per heavy atom. The standard InChI is InChI=1S/C13H16F2N2O/c14-9-5-8-1-2-10(17-4-3-13(16)18)7-11(8)12(15)6-9/h5-6,10,17H,1-4,7H2,(H2,16,18). The van der Waals surface area contributed by atoms with Gasteiger partial charge in [0.2, 0.25) is 5.91 Å². The van der Waals surface area contributed by atoms with Crippen LogP contribution < -0.4 is 11.1 Å². The summed E-state index contributed by atoms with van der Waals surface area (Å²) in [5, 5.41) is 3.17. The van der Waals surface area contributed by atoms with E-state index in [0.717, 1.165) is 18.1 Å². The lowest BCUT2D eigenvalue weighted by Crippen LogP contribution is -2.36. The van der Waals surface area contributed by atoms with E-state index in [1.165, 1.54) is 6.07 Å². The molecule has 0 heterocycles. The summed E-state index contributed by atoms with van der Waals surface area (Å²) in [6.07, 6.45) is 2.27. The second-order valence-corrected chi connectivity index (χ2v) is 4.64. The molecule has 0 radical (unpaired) electrons. The summed E-state index contributed by atoms with van der Waals surface area (Å²) in [6, 6.07) is 2.44. The quantitative estimate of drug-likeness (QED) is 0.850. The predicted molar refractivity (Wildman–Crippen MR) is 64.0 cm³/mol. The number of carbonyl (C=O) groups excluding carboxylic acids is 1.